The summed E-state index contributed by atoms with van der Waals surface area (Å²) in [5.74, 6) is 5.19. The lowest BCUT2D eigenvalue weighted by atomic mass is 10.2. The van der Waals surface area contributed by atoms with Crippen LogP contribution in [-0.4, -0.2) is 20.6 Å². The molecule has 0 aliphatic rings. The monoisotopic (exact) mass is 392 g/mol. The molecule has 0 amide bonds. The molecular formula is C24H42P2. The van der Waals surface area contributed by atoms with Gasteiger partial charge >= 0.3 is 0 Å². The Balaban J connectivity index is 3.70. The standard InChI is InChI=1S/C24H42P2/c1-21(2,3)25(22(4,5)6)17-19-15-13-14-16-20(19)18-26(23(7,8)9)24(10,11)12/h13-18H,1-12H3. The Morgan fingerprint density at radius 1 is 0.500 bits per heavy atom. The summed E-state index contributed by atoms with van der Waals surface area (Å²) in [5, 5.41) is 4.06. The summed E-state index contributed by atoms with van der Waals surface area (Å²) >= 11 is 0. The zero-order valence-corrected chi connectivity index (χ0v) is 21.1. The van der Waals surface area contributed by atoms with Crippen LogP contribution in [0.1, 0.15) is 83.1 Å². The Morgan fingerprint density at radius 3 is 0.923 bits per heavy atom. The summed E-state index contributed by atoms with van der Waals surface area (Å²) in [6, 6.07) is 9.02. The molecule has 0 aliphatic heterocycles. The van der Waals surface area contributed by atoms with Gasteiger partial charge in [0, 0.05) is 0 Å². The number of benzene rings is 1. The van der Waals surface area contributed by atoms with Gasteiger partial charge in [-0.2, -0.15) is 0 Å². The van der Waals surface area contributed by atoms with Crippen LogP contribution < -0.4 is 10.4 Å². The van der Waals surface area contributed by atoms with Crippen molar-refractivity contribution in [2.75, 3.05) is 0 Å². The van der Waals surface area contributed by atoms with Crippen molar-refractivity contribution in [1.82, 2.24) is 0 Å². The van der Waals surface area contributed by atoms with Crippen LogP contribution in [0.15, 0.2) is 24.3 Å². The lowest BCUT2D eigenvalue weighted by Gasteiger charge is -2.40. The highest BCUT2D eigenvalue weighted by atomic mass is 31.1. The summed E-state index contributed by atoms with van der Waals surface area (Å²) in [6.45, 7) is 28.7. The maximum Gasteiger partial charge on any atom is -0.0140 e. The van der Waals surface area contributed by atoms with E-state index in [2.05, 4.69) is 119 Å². The normalized spacial score (nSPS) is 16.1. The van der Waals surface area contributed by atoms with Gasteiger partial charge < -0.3 is 0 Å². The van der Waals surface area contributed by atoms with Crippen LogP contribution in [0.5, 0.6) is 0 Å². The molecule has 0 unspecified atom stereocenters. The second kappa shape index (κ2) is 8.05. The molecule has 0 saturated heterocycles. The van der Waals surface area contributed by atoms with Gasteiger partial charge in [-0.25, -0.2) is 0 Å². The van der Waals surface area contributed by atoms with E-state index in [1.807, 2.05) is 0 Å². The third kappa shape index (κ3) is 6.77. The topological polar surface area (TPSA) is 0 Å². The average molecular weight is 393 g/mol. The highest BCUT2D eigenvalue weighted by molar-refractivity contribution is 7.69. The van der Waals surface area contributed by atoms with Gasteiger partial charge in [-0.05, 0) is 31.1 Å². The summed E-state index contributed by atoms with van der Waals surface area (Å²) in [4.78, 5) is 0. The molecule has 1 rings (SSSR count). The fourth-order valence-corrected chi connectivity index (χ4v) is 10.4. The molecule has 0 heterocycles. The Hall–Kier alpha value is -0.180. The molecule has 0 saturated carbocycles. The quantitative estimate of drug-likeness (QED) is 0.463. The molecule has 0 radical (unpaired) electrons. The molecule has 148 valence electrons. The van der Waals surface area contributed by atoms with Crippen LogP contribution in [0.4, 0.5) is 0 Å². The van der Waals surface area contributed by atoms with Crippen molar-refractivity contribution in [3.8, 4) is 0 Å². The van der Waals surface area contributed by atoms with E-state index < -0.39 is 0 Å². The summed E-state index contributed by atoms with van der Waals surface area (Å²) < 4.78 is 0. The largest absolute Gasteiger partial charge is 0.0715 e. The van der Waals surface area contributed by atoms with E-state index in [0.717, 1.165) is 0 Å². The zero-order valence-electron chi connectivity index (χ0n) is 19.4. The van der Waals surface area contributed by atoms with Gasteiger partial charge in [0.05, 0.1) is 0 Å². The first-order valence-corrected chi connectivity index (χ1v) is 12.6. The Bertz CT molecular complexity index is 610. The number of hydrogen-bond donors (Lipinski definition) is 0. The molecule has 0 nitrogen and oxygen atoms in total. The molecule has 0 spiro atoms. The molecule has 0 aliphatic carbocycles. The predicted octanol–water partition coefficient (Wildman–Crippen LogP) is 7.32. The van der Waals surface area contributed by atoms with Crippen molar-refractivity contribution >= 4 is 27.5 Å². The molecular weight excluding hydrogens is 350 g/mol. The minimum absolute atomic E-state index is 0.254. The summed E-state index contributed by atoms with van der Waals surface area (Å²) in [6.07, 6.45) is 0. The molecule has 0 bridgehead atoms. The van der Waals surface area contributed by atoms with Crippen molar-refractivity contribution in [3.63, 3.8) is 0 Å². The Labute approximate surface area is 166 Å². The zero-order chi connectivity index (χ0) is 20.6. The van der Waals surface area contributed by atoms with Crippen LogP contribution in [0.25, 0.3) is 11.6 Å². The average Bonchev–Trinajstić information content (AvgIpc) is 2.38. The molecule has 0 atom stereocenters. The minimum Gasteiger partial charge on any atom is -0.0715 e. The number of hydrogen-bond acceptors (Lipinski definition) is 0. The van der Waals surface area contributed by atoms with Crippen molar-refractivity contribution in [2.24, 2.45) is 0 Å². The number of rotatable bonds is 2. The van der Waals surface area contributed by atoms with E-state index in [1.54, 1.807) is 0 Å². The van der Waals surface area contributed by atoms with Gasteiger partial charge in [0.15, 0.2) is 0 Å². The van der Waals surface area contributed by atoms with Gasteiger partial charge in [0.1, 0.15) is 0 Å². The van der Waals surface area contributed by atoms with E-state index in [0.29, 0.717) is 20.6 Å². The summed E-state index contributed by atoms with van der Waals surface area (Å²) in [5.41, 5.74) is 0. The Kier molecular flexibility index (Phi) is 7.39. The second-order valence-corrected chi connectivity index (χ2v) is 18.7. The van der Waals surface area contributed by atoms with Crippen molar-refractivity contribution in [3.05, 3.63) is 34.7 Å². The fraction of sp³-hybridized carbons (Fsp3) is 0.667. The van der Waals surface area contributed by atoms with Crippen LogP contribution in [0.3, 0.4) is 0 Å². The van der Waals surface area contributed by atoms with Crippen LogP contribution in [0.2, 0.25) is 0 Å². The third-order valence-corrected chi connectivity index (χ3v) is 11.3. The maximum atomic E-state index is 2.60. The van der Waals surface area contributed by atoms with Gasteiger partial charge in [0.2, 0.25) is 0 Å². The molecule has 0 aromatic heterocycles. The smallest absolute Gasteiger partial charge is 0.0140 e. The van der Waals surface area contributed by atoms with E-state index >= 15 is 0 Å². The fourth-order valence-electron chi connectivity index (χ4n) is 3.81. The van der Waals surface area contributed by atoms with E-state index in [9.17, 15) is 0 Å². The summed E-state index contributed by atoms with van der Waals surface area (Å²) in [7, 11) is -0.508. The molecule has 2 heteroatoms. The van der Waals surface area contributed by atoms with Crippen molar-refractivity contribution < 1.29 is 0 Å². The lowest BCUT2D eigenvalue weighted by Crippen LogP contribution is -2.30. The Morgan fingerprint density at radius 2 is 0.731 bits per heavy atom. The SMILES string of the molecule is CC(C)(C)P(C=c1ccccc1=CP(C(C)(C)C)C(C)(C)C)C(C)(C)C. The van der Waals surface area contributed by atoms with E-state index in [1.165, 1.54) is 10.4 Å². The maximum absolute atomic E-state index is 2.60. The first kappa shape index (κ1) is 23.9. The van der Waals surface area contributed by atoms with Gasteiger partial charge in [-0.15, -0.1) is 0 Å². The van der Waals surface area contributed by atoms with Crippen LogP contribution in [0, 0.1) is 0 Å². The molecule has 1 aromatic carbocycles. The van der Waals surface area contributed by atoms with Crippen LogP contribution >= 0.6 is 15.8 Å². The minimum atomic E-state index is -0.254. The third-order valence-electron chi connectivity index (χ3n) is 4.42. The predicted molar refractivity (Wildman–Crippen MR) is 127 cm³/mol. The second-order valence-electron chi connectivity index (χ2n) is 11.3. The lowest BCUT2D eigenvalue weighted by molar-refractivity contribution is 0.715. The first-order valence-electron chi connectivity index (χ1n) is 9.82. The molecule has 0 fully saturated rings. The van der Waals surface area contributed by atoms with Gasteiger partial charge in [-0.3, -0.25) is 0 Å². The first-order chi connectivity index (χ1) is 11.4. The highest BCUT2D eigenvalue weighted by Gasteiger charge is 2.33. The van der Waals surface area contributed by atoms with Gasteiger partial charge in [0.25, 0.3) is 0 Å². The van der Waals surface area contributed by atoms with E-state index in [-0.39, 0.29) is 15.8 Å². The van der Waals surface area contributed by atoms with E-state index in [4.69, 9.17) is 0 Å². The van der Waals surface area contributed by atoms with Crippen LogP contribution in [-0.2, 0) is 0 Å². The van der Waals surface area contributed by atoms with Crippen molar-refractivity contribution in [2.45, 2.75) is 104 Å². The van der Waals surface area contributed by atoms with Crippen molar-refractivity contribution in [1.29, 1.82) is 0 Å². The molecule has 1 aromatic rings. The molecule has 26 heavy (non-hydrogen) atoms. The highest BCUT2D eigenvalue weighted by Crippen LogP contribution is 2.61. The van der Waals surface area contributed by atoms with Gasteiger partial charge in [-0.1, -0.05) is 135 Å². The molecule has 0 N–H and O–H groups in total.